The second-order valence-electron chi connectivity index (χ2n) is 4.27. The van der Waals surface area contributed by atoms with E-state index in [2.05, 4.69) is 13.0 Å². The fourth-order valence-electron chi connectivity index (χ4n) is 2.35. The van der Waals surface area contributed by atoms with E-state index in [9.17, 15) is 0 Å². The first-order chi connectivity index (χ1) is 8.26. The molecule has 0 bridgehead atoms. The van der Waals surface area contributed by atoms with Gasteiger partial charge in [-0.3, -0.25) is 0 Å². The van der Waals surface area contributed by atoms with Crippen LogP contribution >= 0.6 is 0 Å². The largest absolute Gasteiger partial charge is 0.493 e. The first-order valence-corrected chi connectivity index (χ1v) is 6.04. The molecule has 0 aromatic heterocycles. The molecule has 0 saturated carbocycles. The standard InChI is InChI=1S/C14H17NO2/c1-3-16-10(2)12-6-7-17-14-8-11(9-15)4-5-13(12)14/h4-5,8,10,12H,3,6-7H2,1-2H3/t10-,12?/m0/s1. The van der Waals surface area contributed by atoms with Gasteiger partial charge in [-0.15, -0.1) is 0 Å². The summed E-state index contributed by atoms with van der Waals surface area (Å²) in [6.45, 7) is 5.53. The van der Waals surface area contributed by atoms with Crippen LogP contribution in [0.25, 0.3) is 0 Å². The summed E-state index contributed by atoms with van der Waals surface area (Å²) in [5.74, 6) is 1.21. The van der Waals surface area contributed by atoms with Gasteiger partial charge in [0.2, 0.25) is 0 Å². The molecule has 1 heterocycles. The quantitative estimate of drug-likeness (QED) is 0.803. The average molecular weight is 231 g/mol. The SMILES string of the molecule is CCO[C@@H](C)C1CCOc2cc(C#N)ccc21. The zero-order chi connectivity index (χ0) is 12.3. The average Bonchev–Trinajstić information content (AvgIpc) is 2.37. The highest BCUT2D eigenvalue weighted by atomic mass is 16.5. The lowest BCUT2D eigenvalue weighted by Crippen LogP contribution is -2.25. The van der Waals surface area contributed by atoms with E-state index < -0.39 is 0 Å². The summed E-state index contributed by atoms with van der Waals surface area (Å²) >= 11 is 0. The van der Waals surface area contributed by atoms with Gasteiger partial charge in [0.15, 0.2) is 0 Å². The molecule has 0 fully saturated rings. The van der Waals surface area contributed by atoms with Gasteiger partial charge < -0.3 is 9.47 Å². The Hall–Kier alpha value is -1.53. The Balaban J connectivity index is 2.29. The van der Waals surface area contributed by atoms with Crippen molar-refractivity contribution < 1.29 is 9.47 Å². The first-order valence-electron chi connectivity index (χ1n) is 6.04. The van der Waals surface area contributed by atoms with Crippen LogP contribution in [0.2, 0.25) is 0 Å². The van der Waals surface area contributed by atoms with Gasteiger partial charge in [-0.2, -0.15) is 5.26 Å². The summed E-state index contributed by atoms with van der Waals surface area (Å²) in [6.07, 6.45) is 1.16. The molecule has 3 nitrogen and oxygen atoms in total. The first kappa shape index (κ1) is 11.9. The highest BCUT2D eigenvalue weighted by Gasteiger charge is 2.26. The predicted molar refractivity (Wildman–Crippen MR) is 65.1 cm³/mol. The van der Waals surface area contributed by atoms with Crippen molar-refractivity contribution in [1.29, 1.82) is 5.26 Å². The van der Waals surface area contributed by atoms with E-state index in [1.807, 2.05) is 25.1 Å². The summed E-state index contributed by atoms with van der Waals surface area (Å²) in [5, 5.41) is 8.87. The van der Waals surface area contributed by atoms with Gasteiger partial charge in [0, 0.05) is 12.5 Å². The molecule has 0 N–H and O–H groups in total. The Kier molecular flexibility index (Phi) is 3.65. The monoisotopic (exact) mass is 231 g/mol. The lowest BCUT2D eigenvalue weighted by molar-refractivity contribution is 0.0446. The molecule has 1 aromatic rings. The Morgan fingerprint density at radius 1 is 1.59 bits per heavy atom. The van der Waals surface area contributed by atoms with Crippen molar-refractivity contribution in [3.8, 4) is 11.8 Å². The van der Waals surface area contributed by atoms with E-state index in [1.165, 1.54) is 0 Å². The highest BCUT2D eigenvalue weighted by Crippen LogP contribution is 2.37. The number of nitriles is 1. The van der Waals surface area contributed by atoms with E-state index in [4.69, 9.17) is 14.7 Å². The molecule has 17 heavy (non-hydrogen) atoms. The molecule has 2 atom stereocenters. The Morgan fingerprint density at radius 3 is 3.12 bits per heavy atom. The van der Waals surface area contributed by atoms with Gasteiger partial charge in [-0.25, -0.2) is 0 Å². The number of nitrogens with zero attached hydrogens (tertiary/aromatic N) is 1. The van der Waals surface area contributed by atoms with E-state index >= 15 is 0 Å². The summed E-state index contributed by atoms with van der Waals surface area (Å²) in [7, 11) is 0. The van der Waals surface area contributed by atoms with Gasteiger partial charge in [0.1, 0.15) is 5.75 Å². The van der Waals surface area contributed by atoms with Gasteiger partial charge in [0.25, 0.3) is 0 Å². The normalized spacial score (nSPS) is 19.9. The highest BCUT2D eigenvalue weighted by molar-refractivity contribution is 5.45. The molecule has 0 amide bonds. The summed E-state index contributed by atoms with van der Waals surface area (Å²) in [6, 6.07) is 7.79. The van der Waals surface area contributed by atoms with Crippen LogP contribution in [-0.2, 0) is 4.74 Å². The molecule has 0 spiro atoms. The second kappa shape index (κ2) is 5.20. The van der Waals surface area contributed by atoms with E-state index in [0.717, 1.165) is 24.3 Å². The van der Waals surface area contributed by atoms with Crippen molar-refractivity contribution in [2.75, 3.05) is 13.2 Å². The lowest BCUT2D eigenvalue weighted by atomic mass is 9.88. The van der Waals surface area contributed by atoms with Crippen LogP contribution in [0.3, 0.4) is 0 Å². The topological polar surface area (TPSA) is 42.2 Å². The van der Waals surface area contributed by atoms with Crippen molar-refractivity contribution in [2.45, 2.75) is 32.3 Å². The van der Waals surface area contributed by atoms with Crippen molar-refractivity contribution in [3.63, 3.8) is 0 Å². The third-order valence-corrected chi connectivity index (χ3v) is 3.22. The van der Waals surface area contributed by atoms with Gasteiger partial charge in [-0.1, -0.05) is 6.07 Å². The van der Waals surface area contributed by atoms with Crippen LogP contribution in [0, 0.1) is 11.3 Å². The van der Waals surface area contributed by atoms with Crippen LogP contribution in [0.1, 0.15) is 37.3 Å². The molecule has 2 rings (SSSR count). The van der Waals surface area contributed by atoms with E-state index in [1.54, 1.807) is 0 Å². The van der Waals surface area contributed by atoms with Crippen molar-refractivity contribution >= 4 is 0 Å². The van der Waals surface area contributed by atoms with Gasteiger partial charge >= 0.3 is 0 Å². The Morgan fingerprint density at radius 2 is 2.41 bits per heavy atom. The molecule has 1 aliphatic rings. The number of fused-ring (bicyclic) bond motifs is 1. The second-order valence-corrected chi connectivity index (χ2v) is 4.27. The number of rotatable bonds is 3. The molecule has 0 radical (unpaired) electrons. The van der Waals surface area contributed by atoms with Gasteiger partial charge in [0.05, 0.1) is 24.3 Å². The maximum absolute atomic E-state index is 8.87. The minimum Gasteiger partial charge on any atom is -0.493 e. The van der Waals surface area contributed by atoms with E-state index in [-0.39, 0.29) is 6.10 Å². The number of hydrogen-bond donors (Lipinski definition) is 0. The molecular weight excluding hydrogens is 214 g/mol. The smallest absolute Gasteiger partial charge is 0.124 e. The lowest BCUT2D eigenvalue weighted by Gasteiger charge is -2.30. The van der Waals surface area contributed by atoms with E-state index in [0.29, 0.717) is 18.1 Å². The number of hydrogen-bond acceptors (Lipinski definition) is 3. The molecule has 0 saturated heterocycles. The summed E-state index contributed by atoms with van der Waals surface area (Å²) < 4.78 is 11.3. The predicted octanol–water partition coefficient (Wildman–Crippen LogP) is 2.85. The molecule has 0 aliphatic carbocycles. The Labute approximate surface area is 102 Å². The number of benzene rings is 1. The summed E-state index contributed by atoms with van der Waals surface area (Å²) in [5.41, 5.74) is 1.81. The zero-order valence-electron chi connectivity index (χ0n) is 10.3. The van der Waals surface area contributed by atoms with Crippen LogP contribution in [-0.4, -0.2) is 19.3 Å². The van der Waals surface area contributed by atoms with Crippen molar-refractivity contribution in [1.82, 2.24) is 0 Å². The van der Waals surface area contributed by atoms with Crippen LogP contribution in [0.5, 0.6) is 5.75 Å². The molecule has 1 unspecified atom stereocenters. The molecule has 3 heteroatoms. The van der Waals surface area contributed by atoms with Crippen molar-refractivity contribution in [2.24, 2.45) is 0 Å². The summed E-state index contributed by atoms with van der Waals surface area (Å²) in [4.78, 5) is 0. The minimum atomic E-state index is 0.190. The van der Waals surface area contributed by atoms with Crippen LogP contribution < -0.4 is 4.74 Å². The third-order valence-electron chi connectivity index (χ3n) is 3.22. The third kappa shape index (κ3) is 2.42. The molecule has 90 valence electrons. The van der Waals surface area contributed by atoms with Gasteiger partial charge in [-0.05, 0) is 38.0 Å². The molecule has 1 aromatic carbocycles. The fraction of sp³-hybridized carbons (Fsp3) is 0.500. The van der Waals surface area contributed by atoms with Crippen molar-refractivity contribution in [3.05, 3.63) is 29.3 Å². The Bertz CT molecular complexity index is 436. The zero-order valence-corrected chi connectivity index (χ0v) is 10.3. The maximum Gasteiger partial charge on any atom is 0.124 e. The molecule has 1 aliphatic heterocycles. The maximum atomic E-state index is 8.87. The molecular formula is C14H17NO2. The van der Waals surface area contributed by atoms with Crippen LogP contribution in [0.4, 0.5) is 0 Å². The van der Waals surface area contributed by atoms with Crippen LogP contribution in [0.15, 0.2) is 18.2 Å². The minimum absolute atomic E-state index is 0.190. The number of ether oxygens (including phenoxy) is 2. The fourth-order valence-corrected chi connectivity index (χ4v) is 2.35.